The maximum absolute atomic E-state index is 11.1. The number of hydrazone groups is 1. The van der Waals surface area contributed by atoms with Gasteiger partial charge in [-0.05, 0) is 42.5 Å². The first kappa shape index (κ1) is 15.8. The molecular formula is C18H13ClN2O3. The van der Waals surface area contributed by atoms with Gasteiger partial charge >= 0.3 is 5.97 Å². The van der Waals surface area contributed by atoms with Gasteiger partial charge in [0.25, 0.3) is 0 Å². The van der Waals surface area contributed by atoms with E-state index in [0.29, 0.717) is 22.1 Å². The number of anilines is 1. The van der Waals surface area contributed by atoms with Gasteiger partial charge in [0, 0.05) is 5.56 Å². The smallest absolute Gasteiger partial charge is 0.335 e. The Morgan fingerprint density at radius 2 is 1.92 bits per heavy atom. The molecule has 0 unspecified atom stereocenters. The molecule has 0 saturated carbocycles. The van der Waals surface area contributed by atoms with E-state index in [1.807, 2.05) is 30.3 Å². The molecule has 6 heteroatoms. The highest BCUT2D eigenvalue weighted by molar-refractivity contribution is 6.33. The van der Waals surface area contributed by atoms with Crippen LogP contribution in [0.3, 0.4) is 0 Å². The van der Waals surface area contributed by atoms with E-state index < -0.39 is 5.97 Å². The Hall–Kier alpha value is -3.05. The second-order valence-electron chi connectivity index (χ2n) is 4.94. The zero-order valence-corrected chi connectivity index (χ0v) is 13.2. The van der Waals surface area contributed by atoms with Gasteiger partial charge in [-0.25, -0.2) is 4.79 Å². The molecule has 3 rings (SSSR count). The van der Waals surface area contributed by atoms with Gasteiger partial charge in [-0.1, -0.05) is 29.8 Å². The maximum Gasteiger partial charge on any atom is 0.335 e. The average Bonchev–Trinajstić information content (AvgIpc) is 3.04. The molecular weight excluding hydrogens is 328 g/mol. The van der Waals surface area contributed by atoms with Crippen molar-refractivity contribution in [3.05, 3.63) is 77.0 Å². The molecule has 120 valence electrons. The Morgan fingerprint density at radius 1 is 1.12 bits per heavy atom. The number of rotatable bonds is 5. The van der Waals surface area contributed by atoms with Gasteiger partial charge in [-0.15, -0.1) is 0 Å². The number of carbonyl (C=O) groups is 1. The van der Waals surface area contributed by atoms with Crippen molar-refractivity contribution in [2.24, 2.45) is 5.10 Å². The number of aromatic carboxylic acids is 1. The standard InChI is InChI=1S/C18H13ClN2O3/c19-16-8-6-12(18(22)23)10-15(16)17-9-7-14(24-17)11-20-21-13-4-2-1-3-5-13/h1-11,21H,(H,22,23)/b20-11-. The summed E-state index contributed by atoms with van der Waals surface area (Å²) in [5, 5.41) is 13.6. The van der Waals surface area contributed by atoms with Crippen LogP contribution >= 0.6 is 11.6 Å². The van der Waals surface area contributed by atoms with Gasteiger partial charge in [0.05, 0.1) is 22.5 Å². The van der Waals surface area contributed by atoms with E-state index in [9.17, 15) is 4.79 Å². The summed E-state index contributed by atoms with van der Waals surface area (Å²) in [5.74, 6) is -0.0252. The molecule has 0 bridgehead atoms. The number of furan rings is 1. The van der Waals surface area contributed by atoms with Crippen molar-refractivity contribution in [3.8, 4) is 11.3 Å². The second-order valence-corrected chi connectivity index (χ2v) is 5.35. The van der Waals surface area contributed by atoms with Crippen molar-refractivity contribution >= 4 is 29.5 Å². The molecule has 0 fully saturated rings. The van der Waals surface area contributed by atoms with Gasteiger partial charge in [0.2, 0.25) is 0 Å². The predicted molar refractivity (Wildman–Crippen MR) is 93.8 cm³/mol. The molecule has 5 nitrogen and oxygen atoms in total. The Morgan fingerprint density at radius 3 is 2.67 bits per heavy atom. The van der Waals surface area contributed by atoms with Crippen LogP contribution in [-0.4, -0.2) is 17.3 Å². The third-order valence-corrected chi connectivity index (χ3v) is 3.59. The number of halogens is 1. The molecule has 0 aliphatic rings. The Bertz CT molecular complexity index is 888. The summed E-state index contributed by atoms with van der Waals surface area (Å²) in [6.45, 7) is 0. The molecule has 2 N–H and O–H groups in total. The molecule has 1 aromatic heterocycles. The lowest BCUT2D eigenvalue weighted by atomic mass is 10.1. The first-order valence-electron chi connectivity index (χ1n) is 7.10. The minimum absolute atomic E-state index is 0.145. The van der Waals surface area contributed by atoms with Gasteiger partial charge in [-0.3, -0.25) is 5.43 Å². The number of hydrogen-bond acceptors (Lipinski definition) is 4. The van der Waals surface area contributed by atoms with Crippen molar-refractivity contribution in [2.45, 2.75) is 0 Å². The van der Waals surface area contributed by atoms with Crippen molar-refractivity contribution in [2.75, 3.05) is 5.43 Å². The van der Waals surface area contributed by atoms with Gasteiger partial charge in [0.1, 0.15) is 11.5 Å². The molecule has 24 heavy (non-hydrogen) atoms. The van der Waals surface area contributed by atoms with E-state index >= 15 is 0 Å². The monoisotopic (exact) mass is 340 g/mol. The number of nitrogens with zero attached hydrogens (tertiary/aromatic N) is 1. The summed E-state index contributed by atoms with van der Waals surface area (Å²) < 4.78 is 5.66. The van der Waals surface area contributed by atoms with Crippen LogP contribution < -0.4 is 5.43 Å². The molecule has 0 aliphatic carbocycles. The lowest BCUT2D eigenvalue weighted by Gasteiger charge is -2.02. The van der Waals surface area contributed by atoms with E-state index in [2.05, 4.69) is 10.5 Å². The van der Waals surface area contributed by atoms with Crippen molar-refractivity contribution in [1.82, 2.24) is 0 Å². The molecule has 1 heterocycles. The molecule has 3 aromatic rings. The number of carboxylic acids is 1. The second kappa shape index (κ2) is 7.02. The van der Waals surface area contributed by atoms with Crippen LogP contribution in [0.2, 0.25) is 5.02 Å². The van der Waals surface area contributed by atoms with Crippen LogP contribution in [0, 0.1) is 0 Å². The lowest BCUT2D eigenvalue weighted by Crippen LogP contribution is -1.96. The van der Waals surface area contributed by atoms with Crippen molar-refractivity contribution in [1.29, 1.82) is 0 Å². The number of para-hydroxylation sites is 1. The zero-order valence-electron chi connectivity index (χ0n) is 12.4. The molecule has 0 radical (unpaired) electrons. The SMILES string of the molecule is O=C(O)c1ccc(Cl)c(-c2ccc(/C=N\Nc3ccccc3)o2)c1. The average molecular weight is 341 g/mol. The fourth-order valence-electron chi connectivity index (χ4n) is 2.10. The molecule has 0 atom stereocenters. The van der Waals surface area contributed by atoms with E-state index in [0.717, 1.165) is 5.69 Å². The van der Waals surface area contributed by atoms with Gasteiger partial charge < -0.3 is 9.52 Å². The van der Waals surface area contributed by atoms with E-state index in [4.69, 9.17) is 21.1 Å². The van der Waals surface area contributed by atoms with Gasteiger partial charge in [0.15, 0.2) is 0 Å². The molecule has 0 saturated heterocycles. The summed E-state index contributed by atoms with van der Waals surface area (Å²) in [6, 6.07) is 17.4. The Balaban J connectivity index is 1.78. The molecule has 2 aromatic carbocycles. The maximum atomic E-state index is 11.1. The normalized spacial score (nSPS) is 10.9. The van der Waals surface area contributed by atoms with Crippen molar-refractivity contribution in [3.63, 3.8) is 0 Å². The van der Waals surface area contributed by atoms with Crippen LogP contribution in [-0.2, 0) is 0 Å². The zero-order chi connectivity index (χ0) is 16.9. The fraction of sp³-hybridized carbons (Fsp3) is 0. The van der Waals surface area contributed by atoms with E-state index in [1.54, 1.807) is 12.1 Å². The van der Waals surface area contributed by atoms with Crippen LogP contribution in [0.25, 0.3) is 11.3 Å². The quantitative estimate of drug-likeness (QED) is 0.519. The largest absolute Gasteiger partial charge is 0.478 e. The van der Waals surface area contributed by atoms with Crippen LogP contribution in [0.4, 0.5) is 5.69 Å². The van der Waals surface area contributed by atoms with Gasteiger partial charge in [-0.2, -0.15) is 5.10 Å². The number of nitrogens with one attached hydrogen (secondary N) is 1. The van der Waals surface area contributed by atoms with Crippen molar-refractivity contribution < 1.29 is 14.3 Å². The first-order chi connectivity index (χ1) is 11.6. The fourth-order valence-corrected chi connectivity index (χ4v) is 2.31. The minimum Gasteiger partial charge on any atom is -0.478 e. The summed E-state index contributed by atoms with van der Waals surface area (Å²) in [6.07, 6.45) is 1.53. The topological polar surface area (TPSA) is 74.8 Å². The first-order valence-corrected chi connectivity index (χ1v) is 7.48. The number of hydrogen-bond donors (Lipinski definition) is 2. The summed E-state index contributed by atoms with van der Waals surface area (Å²) >= 11 is 6.13. The highest BCUT2D eigenvalue weighted by atomic mass is 35.5. The number of benzene rings is 2. The van der Waals surface area contributed by atoms with E-state index in [1.165, 1.54) is 24.4 Å². The molecule has 0 spiro atoms. The predicted octanol–water partition coefficient (Wildman–Crippen LogP) is 4.74. The third kappa shape index (κ3) is 3.64. The summed E-state index contributed by atoms with van der Waals surface area (Å²) in [4.78, 5) is 11.1. The summed E-state index contributed by atoms with van der Waals surface area (Å²) in [5.41, 5.74) is 4.41. The Labute approximate surface area is 143 Å². The lowest BCUT2D eigenvalue weighted by molar-refractivity contribution is 0.0697. The Kier molecular flexibility index (Phi) is 4.63. The highest BCUT2D eigenvalue weighted by Crippen LogP contribution is 2.30. The number of carboxylic acid groups (broad SMARTS) is 1. The summed E-state index contributed by atoms with van der Waals surface area (Å²) in [7, 11) is 0. The molecule has 0 amide bonds. The van der Waals surface area contributed by atoms with Crippen LogP contribution in [0.1, 0.15) is 16.1 Å². The molecule has 0 aliphatic heterocycles. The third-order valence-electron chi connectivity index (χ3n) is 3.26. The van der Waals surface area contributed by atoms with Crippen LogP contribution in [0.5, 0.6) is 0 Å². The van der Waals surface area contributed by atoms with E-state index in [-0.39, 0.29) is 5.56 Å². The minimum atomic E-state index is -1.02. The van der Waals surface area contributed by atoms with Crippen LogP contribution in [0.15, 0.2) is 70.2 Å². The highest BCUT2D eigenvalue weighted by Gasteiger charge is 2.12.